The molecule has 3 heteroatoms. The molecular formula is C10H14BrNO. The molecule has 13 heavy (non-hydrogen) atoms. The number of nitrogens with zero attached hydrogens (tertiary/aromatic N) is 1. The Hall–Kier alpha value is -0.410. The van der Waals surface area contributed by atoms with Crippen molar-refractivity contribution in [2.24, 2.45) is 0 Å². The topological polar surface area (TPSA) is 33.1 Å². The Kier molecular flexibility index (Phi) is 3.45. The molecule has 1 heterocycles. The van der Waals surface area contributed by atoms with E-state index in [4.69, 9.17) is 0 Å². The van der Waals surface area contributed by atoms with E-state index >= 15 is 0 Å². The molecule has 0 aliphatic carbocycles. The standard InChI is InChI=1S/C10H14BrNO/c1-3-10(2,13)6-9-5-4-8(11)7-12-9/h4-5,7,13H,3,6H2,1-2H3. The fraction of sp³-hybridized carbons (Fsp3) is 0.500. The molecule has 0 aliphatic rings. The van der Waals surface area contributed by atoms with Crippen molar-refractivity contribution in [3.05, 3.63) is 28.5 Å². The zero-order chi connectivity index (χ0) is 9.90. The predicted molar refractivity (Wildman–Crippen MR) is 56.6 cm³/mol. The van der Waals surface area contributed by atoms with Crippen LogP contribution in [0.2, 0.25) is 0 Å². The molecule has 1 unspecified atom stereocenters. The van der Waals surface area contributed by atoms with E-state index in [1.54, 1.807) is 6.20 Å². The highest BCUT2D eigenvalue weighted by Gasteiger charge is 2.18. The zero-order valence-corrected chi connectivity index (χ0v) is 9.50. The van der Waals surface area contributed by atoms with Gasteiger partial charge in [0.15, 0.2) is 0 Å². The van der Waals surface area contributed by atoms with Gasteiger partial charge in [-0.25, -0.2) is 0 Å². The molecule has 1 atom stereocenters. The molecule has 0 aromatic carbocycles. The lowest BCUT2D eigenvalue weighted by molar-refractivity contribution is 0.0555. The van der Waals surface area contributed by atoms with Crippen LogP contribution < -0.4 is 0 Å². The van der Waals surface area contributed by atoms with Crippen molar-refractivity contribution in [3.8, 4) is 0 Å². The third kappa shape index (κ3) is 3.44. The molecule has 0 saturated heterocycles. The summed E-state index contributed by atoms with van der Waals surface area (Å²) in [6, 6.07) is 3.86. The zero-order valence-electron chi connectivity index (χ0n) is 7.92. The highest BCUT2D eigenvalue weighted by molar-refractivity contribution is 9.10. The summed E-state index contributed by atoms with van der Waals surface area (Å²) in [5.74, 6) is 0. The molecule has 0 saturated carbocycles. The average molecular weight is 244 g/mol. The predicted octanol–water partition coefficient (Wildman–Crippen LogP) is 2.55. The number of hydrogen-bond acceptors (Lipinski definition) is 2. The smallest absolute Gasteiger partial charge is 0.0672 e. The minimum Gasteiger partial charge on any atom is -0.390 e. The van der Waals surface area contributed by atoms with Gasteiger partial charge in [0, 0.05) is 22.8 Å². The Morgan fingerprint density at radius 3 is 2.69 bits per heavy atom. The highest BCUT2D eigenvalue weighted by atomic mass is 79.9. The molecule has 1 rings (SSSR count). The van der Waals surface area contributed by atoms with Crippen LogP contribution in [0.1, 0.15) is 26.0 Å². The summed E-state index contributed by atoms with van der Waals surface area (Å²) in [5.41, 5.74) is 0.288. The second kappa shape index (κ2) is 4.20. The number of rotatable bonds is 3. The van der Waals surface area contributed by atoms with E-state index in [0.717, 1.165) is 16.6 Å². The van der Waals surface area contributed by atoms with Gasteiger partial charge in [-0.2, -0.15) is 0 Å². The SMILES string of the molecule is CCC(C)(O)Cc1ccc(Br)cn1. The highest BCUT2D eigenvalue weighted by Crippen LogP contribution is 2.16. The van der Waals surface area contributed by atoms with E-state index < -0.39 is 5.60 Å². The van der Waals surface area contributed by atoms with Gasteiger partial charge in [0.1, 0.15) is 0 Å². The quantitative estimate of drug-likeness (QED) is 0.886. The van der Waals surface area contributed by atoms with Crippen molar-refractivity contribution >= 4 is 15.9 Å². The molecule has 1 aromatic heterocycles. The van der Waals surface area contributed by atoms with Gasteiger partial charge in [-0.1, -0.05) is 6.92 Å². The fourth-order valence-electron chi connectivity index (χ4n) is 1.03. The van der Waals surface area contributed by atoms with Crippen LogP contribution in [0, 0.1) is 0 Å². The maximum atomic E-state index is 9.79. The van der Waals surface area contributed by atoms with Crippen molar-refractivity contribution in [2.45, 2.75) is 32.3 Å². The molecule has 1 aromatic rings. The van der Waals surface area contributed by atoms with Crippen LogP contribution in [0.3, 0.4) is 0 Å². The Morgan fingerprint density at radius 1 is 1.54 bits per heavy atom. The van der Waals surface area contributed by atoms with Crippen LogP contribution in [0.4, 0.5) is 0 Å². The summed E-state index contributed by atoms with van der Waals surface area (Å²) in [5, 5.41) is 9.79. The van der Waals surface area contributed by atoms with Crippen LogP contribution in [0.15, 0.2) is 22.8 Å². The van der Waals surface area contributed by atoms with E-state index in [2.05, 4.69) is 20.9 Å². The minimum atomic E-state index is -0.638. The summed E-state index contributed by atoms with van der Waals surface area (Å²) >= 11 is 3.32. The van der Waals surface area contributed by atoms with Gasteiger partial charge in [0.2, 0.25) is 0 Å². The van der Waals surface area contributed by atoms with E-state index in [1.807, 2.05) is 26.0 Å². The number of aromatic nitrogens is 1. The molecular weight excluding hydrogens is 230 g/mol. The molecule has 0 radical (unpaired) electrons. The Bertz CT molecular complexity index is 269. The van der Waals surface area contributed by atoms with Crippen LogP contribution in [-0.4, -0.2) is 15.7 Å². The molecule has 2 nitrogen and oxygen atoms in total. The summed E-state index contributed by atoms with van der Waals surface area (Å²) < 4.78 is 0.965. The molecule has 0 spiro atoms. The largest absolute Gasteiger partial charge is 0.390 e. The van der Waals surface area contributed by atoms with Crippen LogP contribution in [-0.2, 0) is 6.42 Å². The first-order valence-corrected chi connectivity index (χ1v) is 5.15. The maximum Gasteiger partial charge on any atom is 0.0672 e. The average Bonchev–Trinajstić information content (AvgIpc) is 2.09. The minimum absolute atomic E-state index is 0.608. The van der Waals surface area contributed by atoms with Crippen LogP contribution in [0.25, 0.3) is 0 Å². The third-order valence-electron chi connectivity index (χ3n) is 2.11. The number of pyridine rings is 1. The molecule has 0 amide bonds. The van der Waals surface area contributed by atoms with Crippen molar-refractivity contribution in [1.29, 1.82) is 0 Å². The van der Waals surface area contributed by atoms with Gasteiger partial charge in [-0.05, 0) is 41.4 Å². The Morgan fingerprint density at radius 2 is 2.23 bits per heavy atom. The van der Waals surface area contributed by atoms with Crippen molar-refractivity contribution in [1.82, 2.24) is 4.98 Å². The first-order chi connectivity index (χ1) is 6.03. The summed E-state index contributed by atoms with van der Waals surface area (Å²) in [4.78, 5) is 4.20. The first-order valence-electron chi connectivity index (χ1n) is 4.36. The van der Waals surface area contributed by atoms with Gasteiger partial charge in [0.25, 0.3) is 0 Å². The maximum absolute atomic E-state index is 9.79. The number of hydrogen-bond donors (Lipinski definition) is 1. The fourth-order valence-corrected chi connectivity index (χ4v) is 1.26. The number of halogens is 1. The Labute approximate surface area is 87.1 Å². The lowest BCUT2D eigenvalue weighted by atomic mass is 9.97. The normalized spacial score (nSPS) is 15.4. The summed E-state index contributed by atoms with van der Waals surface area (Å²) in [6.45, 7) is 3.80. The van der Waals surface area contributed by atoms with Crippen LogP contribution >= 0.6 is 15.9 Å². The van der Waals surface area contributed by atoms with E-state index in [9.17, 15) is 5.11 Å². The first kappa shape index (κ1) is 10.7. The van der Waals surface area contributed by atoms with E-state index in [0.29, 0.717) is 6.42 Å². The van der Waals surface area contributed by atoms with Gasteiger partial charge in [0.05, 0.1) is 5.60 Å². The summed E-state index contributed by atoms with van der Waals surface area (Å²) in [7, 11) is 0. The lowest BCUT2D eigenvalue weighted by Gasteiger charge is -2.20. The van der Waals surface area contributed by atoms with Gasteiger partial charge >= 0.3 is 0 Å². The number of aliphatic hydroxyl groups is 1. The molecule has 0 aliphatic heterocycles. The molecule has 0 fully saturated rings. The molecule has 1 N–H and O–H groups in total. The molecule has 0 bridgehead atoms. The van der Waals surface area contributed by atoms with Crippen molar-refractivity contribution < 1.29 is 5.11 Å². The third-order valence-corrected chi connectivity index (χ3v) is 2.58. The monoisotopic (exact) mass is 243 g/mol. The van der Waals surface area contributed by atoms with Gasteiger partial charge in [-0.3, -0.25) is 4.98 Å². The van der Waals surface area contributed by atoms with E-state index in [1.165, 1.54) is 0 Å². The van der Waals surface area contributed by atoms with Crippen molar-refractivity contribution in [2.75, 3.05) is 0 Å². The lowest BCUT2D eigenvalue weighted by Crippen LogP contribution is -2.26. The molecule has 72 valence electrons. The van der Waals surface area contributed by atoms with Crippen LogP contribution in [0.5, 0.6) is 0 Å². The van der Waals surface area contributed by atoms with Crippen molar-refractivity contribution in [3.63, 3.8) is 0 Å². The second-order valence-electron chi connectivity index (χ2n) is 3.50. The van der Waals surface area contributed by atoms with E-state index in [-0.39, 0.29) is 0 Å². The summed E-state index contributed by atoms with van der Waals surface area (Å²) in [6.07, 6.45) is 3.10. The Balaban J connectivity index is 2.69. The van der Waals surface area contributed by atoms with Gasteiger partial charge < -0.3 is 5.11 Å². The second-order valence-corrected chi connectivity index (χ2v) is 4.41. The van der Waals surface area contributed by atoms with Gasteiger partial charge in [-0.15, -0.1) is 0 Å².